The van der Waals surface area contributed by atoms with Crippen molar-refractivity contribution < 1.29 is 14.8 Å². The van der Waals surface area contributed by atoms with Crippen molar-refractivity contribution >= 4 is 11.8 Å². The second kappa shape index (κ2) is 4.58. The zero-order valence-corrected chi connectivity index (χ0v) is 9.64. The fourth-order valence-corrected chi connectivity index (χ4v) is 2.06. The lowest BCUT2D eigenvalue weighted by molar-refractivity contribution is -0.129. The molecule has 1 aromatic heterocycles. The number of rotatable bonds is 1. The predicted octanol–water partition coefficient (Wildman–Crippen LogP) is 0.359. The summed E-state index contributed by atoms with van der Waals surface area (Å²) in [5, 5.41) is 8.57. The number of nitrogens with one attached hydrogen (secondary N) is 1. The molecule has 6 heteroatoms. The van der Waals surface area contributed by atoms with Crippen LogP contribution in [0, 0.1) is 0 Å². The first-order valence-corrected chi connectivity index (χ1v) is 5.51. The molecule has 0 bridgehead atoms. The third-order valence-electron chi connectivity index (χ3n) is 2.97. The molecule has 2 amide bonds. The minimum absolute atomic E-state index is 0.0350. The van der Waals surface area contributed by atoms with Gasteiger partial charge in [-0.1, -0.05) is 0 Å². The van der Waals surface area contributed by atoms with E-state index in [1.54, 1.807) is 29.6 Å². The fraction of sp³-hybridized carbons (Fsp3) is 0.455. The highest BCUT2D eigenvalue weighted by atomic mass is 16.5. The number of hydrogen-bond acceptors (Lipinski definition) is 3. The standard InChI is InChI=1S/C11H15N3O3/c1-8(15)13-3-2-4-14-6-9(11(16)12-17)5-10(14)7-13/h5-6,17H,2-4,7H2,1H3,(H,12,16). The van der Waals surface area contributed by atoms with Crippen LogP contribution in [0.3, 0.4) is 0 Å². The Kier molecular flexibility index (Phi) is 3.14. The van der Waals surface area contributed by atoms with Crippen LogP contribution in [0.15, 0.2) is 12.3 Å². The van der Waals surface area contributed by atoms with Gasteiger partial charge in [0.1, 0.15) is 0 Å². The van der Waals surface area contributed by atoms with Gasteiger partial charge >= 0.3 is 0 Å². The van der Waals surface area contributed by atoms with Crippen LogP contribution >= 0.6 is 0 Å². The van der Waals surface area contributed by atoms with E-state index >= 15 is 0 Å². The van der Waals surface area contributed by atoms with E-state index in [1.165, 1.54) is 0 Å². The first kappa shape index (κ1) is 11.7. The van der Waals surface area contributed by atoms with Gasteiger partial charge in [0.2, 0.25) is 5.91 Å². The smallest absolute Gasteiger partial charge is 0.276 e. The Hall–Kier alpha value is -1.82. The SMILES string of the molecule is CC(=O)N1CCCn2cc(C(=O)NO)cc2C1. The van der Waals surface area contributed by atoms with Crippen molar-refractivity contribution in [1.29, 1.82) is 0 Å². The van der Waals surface area contributed by atoms with Crippen molar-refractivity contribution in [2.75, 3.05) is 6.54 Å². The summed E-state index contributed by atoms with van der Waals surface area (Å²) in [6.45, 7) is 3.56. The average Bonchev–Trinajstić information content (AvgIpc) is 2.60. The van der Waals surface area contributed by atoms with Crippen LogP contribution in [0.25, 0.3) is 0 Å². The van der Waals surface area contributed by atoms with Crippen molar-refractivity contribution in [3.63, 3.8) is 0 Å². The van der Waals surface area contributed by atoms with Crippen molar-refractivity contribution in [1.82, 2.24) is 14.9 Å². The van der Waals surface area contributed by atoms with E-state index in [4.69, 9.17) is 5.21 Å². The molecule has 1 aromatic rings. The third kappa shape index (κ3) is 2.31. The molecule has 2 rings (SSSR count). The van der Waals surface area contributed by atoms with Gasteiger partial charge in [-0.25, -0.2) is 5.48 Å². The van der Waals surface area contributed by atoms with Crippen LogP contribution in [0.1, 0.15) is 29.4 Å². The zero-order valence-electron chi connectivity index (χ0n) is 9.64. The van der Waals surface area contributed by atoms with Gasteiger partial charge in [0.05, 0.1) is 12.1 Å². The molecule has 92 valence electrons. The van der Waals surface area contributed by atoms with E-state index in [0.29, 0.717) is 12.1 Å². The molecule has 0 aromatic carbocycles. The number of carbonyl (C=O) groups excluding carboxylic acids is 2. The second-order valence-corrected chi connectivity index (χ2v) is 4.15. The Bertz CT molecular complexity index is 453. The maximum Gasteiger partial charge on any atom is 0.276 e. The van der Waals surface area contributed by atoms with Crippen molar-refractivity contribution in [3.8, 4) is 0 Å². The lowest BCUT2D eigenvalue weighted by Gasteiger charge is -2.17. The molecule has 2 heterocycles. The van der Waals surface area contributed by atoms with Crippen molar-refractivity contribution in [3.05, 3.63) is 23.5 Å². The van der Waals surface area contributed by atoms with Crippen LogP contribution in [-0.4, -0.2) is 33.0 Å². The van der Waals surface area contributed by atoms with Gasteiger partial charge in [0, 0.05) is 31.9 Å². The molecule has 0 aliphatic carbocycles. The van der Waals surface area contributed by atoms with Crippen LogP contribution in [0.5, 0.6) is 0 Å². The average molecular weight is 237 g/mol. The molecule has 0 atom stereocenters. The fourth-order valence-electron chi connectivity index (χ4n) is 2.06. The molecule has 0 unspecified atom stereocenters. The van der Waals surface area contributed by atoms with Gasteiger partial charge in [-0.2, -0.15) is 0 Å². The number of hydroxylamine groups is 1. The number of nitrogens with zero attached hydrogens (tertiary/aromatic N) is 2. The normalized spacial score (nSPS) is 15.1. The monoisotopic (exact) mass is 237 g/mol. The molecular formula is C11H15N3O3. The third-order valence-corrected chi connectivity index (χ3v) is 2.97. The van der Waals surface area contributed by atoms with Crippen molar-refractivity contribution in [2.24, 2.45) is 0 Å². The Balaban J connectivity index is 2.26. The Morgan fingerprint density at radius 1 is 1.41 bits per heavy atom. The molecule has 17 heavy (non-hydrogen) atoms. The van der Waals surface area contributed by atoms with Crippen molar-refractivity contribution in [2.45, 2.75) is 26.4 Å². The number of fused-ring (bicyclic) bond motifs is 1. The quantitative estimate of drug-likeness (QED) is 0.547. The molecule has 0 saturated carbocycles. The molecule has 0 radical (unpaired) electrons. The van der Waals surface area contributed by atoms with Gasteiger partial charge in [-0.15, -0.1) is 0 Å². The van der Waals surface area contributed by atoms with Gasteiger partial charge in [0.25, 0.3) is 5.91 Å². The van der Waals surface area contributed by atoms with Gasteiger partial charge in [0.15, 0.2) is 0 Å². The van der Waals surface area contributed by atoms with E-state index in [1.807, 2.05) is 4.57 Å². The number of carbonyl (C=O) groups is 2. The zero-order chi connectivity index (χ0) is 12.4. The molecule has 6 nitrogen and oxygen atoms in total. The van der Waals surface area contributed by atoms with Crippen LogP contribution in [0.2, 0.25) is 0 Å². The molecular weight excluding hydrogens is 222 g/mol. The summed E-state index contributed by atoms with van der Waals surface area (Å²) in [6, 6.07) is 1.70. The van der Waals surface area contributed by atoms with E-state index < -0.39 is 5.91 Å². The van der Waals surface area contributed by atoms with Gasteiger partial charge < -0.3 is 9.47 Å². The van der Waals surface area contributed by atoms with E-state index in [0.717, 1.165) is 25.2 Å². The molecule has 0 spiro atoms. The van der Waals surface area contributed by atoms with E-state index in [-0.39, 0.29) is 5.91 Å². The number of aromatic nitrogens is 1. The molecule has 2 N–H and O–H groups in total. The largest absolute Gasteiger partial charge is 0.349 e. The first-order valence-electron chi connectivity index (χ1n) is 5.51. The van der Waals surface area contributed by atoms with E-state index in [2.05, 4.69) is 0 Å². The number of hydrogen-bond donors (Lipinski definition) is 2. The Morgan fingerprint density at radius 2 is 2.18 bits per heavy atom. The number of amides is 2. The number of aryl methyl sites for hydroxylation is 1. The molecule has 0 fully saturated rings. The van der Waals surface area contributed by atoms with Crippen LogP contribution < -0.4 is 5.48 Å². The minimum atomic E-state index is -0.528. The summed E-state index contributed by atoms with van der Waals surface area (Å²) < 4.78 is 1.95. The van der Waals surface area contributed by atoms with Gasteiger partial charge in [-0.05, 0) is 12.5 Å². The molecule has 1 aliphatic heterocycles. The highest BCUT2D eigenvalue weighted by Gasteiger charge is 2.18. The maximum atomic E-state index is 11.4. The molecule has 1 aliphatic rings. The summed E-state index contributed by atoms with van der Waals surface area (Å²) in [7, 11) is 0. The summed E-state index contributed by atoms with van der Waals surface area (Å²) in [5.74, 6) is -0.493. The summed E-state index contributed by atoms with van der Waals surface area (Å²) >= 11 is 0. The summed E-state index contributed by atoms with van der Waals surface area (Å²) in [4.78, 5) is 24.4. The Labute approximate surface area is 98.8 Å². The summed E-state index contributed by atoms with van der Waals surface area (Å²) in [6.07, 6.45) is 2.56. The topological polar surface area (TPSA) is 74.6 Å². The highest BCUT2D eigenvalue weighted by Crippen LogP contribution is 2.16. The van der Waals surface area contributed by atoms with E-state index in [9.17, 15) is 9.59 Å². The molecule has 0 saturated heterocycles. The van der Waals surface area contributed by atoms with Crippen LogP contribution in [0.4, 0.5) is 0 Å². The Morgan fingerprint density at radius 3 is 2.82 bits per heavy atom. The summed E-state index contributed by atoms with van der Waals surface area (Å²) in [5.41, 5.74) is 2.93. The first-order chi connectivity index (χ1) is 8.11. The lowest BCUT2D eigenvalue weighted by atomic mass is 10.3. The lowest BCUT2D eigenvalue weighted by Crippen LogP contribution is -2.28. The van der Waals surface area contributed by atoms with Crippen LogP contribution in [-0.2, 0) is 17.9 Å². The maximum absolute atomic E-state index is 11.4. The minimum Gasteiger partial charge on any atom is -0.349 e. The second-order valence-electron chi connectivity index (χ2n) is 4.15. The predicted molar refractivity (Wildman–Crippen MR) is 59.4 cm³/mol. The van der Waals surface area contributed by atoms with Gasteiger partial charge in [-0.3, -0.25) is 14.8 Å². The highest BCUT2D eigenvalue weighted by molar-refractivity contribution is 5.93.